The van der Waals surface area contributed by atoms with Crippen molar-refractivity contribution in [2.45, 2.75) is 44.1 Å². The summed E-state index contributed by atoms with van der Waals surface area (Å²) in [5.74, 6) is -3.48. The van der Waals surface area contributed by atoms with Gasteiger partial charge in [0.05, 0.1) is 16.5 Å². The van der Waals surface area contributed by atoms with Crippen LogP contribution in [-0.4, -0.2) is 57.9 Å². The highest BCUT2D eigenvalue weighted by atomic mass is 19.3. The lowest BCUT2D eigenvalue weighted by Gasteiger charge is -2.29. The summed E-state index contributed by atoms with van der Waals surface area (Å²) in [6, 6.07) is 2.62. The Balaban J connectivity index is 1.52. The van der Waals surface area contributed by atoms with Gasteiger partial charge in [0.2, 0.25) is 11.9 Å². The number of nitrogens with one attached hydrogen (secondary N) is 3. The van der Waals surface area contributed by atoms with E-state index in [9.17, 15) is 18.0 Å². The van der Waals surface area contributed by atoms with E-state index in [2.05, 4.69) is 30.6 Å². The number of nitrogens with zero attached hydrogens (tertiary/aromatic N) is 3. The van der Waals surface area contributed by atoms with E-state index in [1.807, 2.05) is 0 Å². The van der Waals surface area contributed by atoms with Crippen molar-refractivity contribution in [3.8, 4) is 0 Å². The largest absolute Gasteiger partial charge is 0.385 e. The quantitative estimate of drug-likeness (QED) is 0.249. The van der Waals surface area contributed by atoms with Crippen LogP contribution in [0.3, 0.4) is 0 Å². The van der Waals surface area contributed by atoms with E-state index < -0.39 is 17.7 Å². The fourth-order valence-electron chi connectivity index (χ4n) is 3.92. The third kappa shape index (κ3) is 5.24. The third-order valence-corrected chi connectivity index (χ3v) is 5.69. The van der Waals surface area contributed by atoms with Gasteiger partial charge in [-0.15, -0.1) is 0 Å². The molecule has 1 saturated carbocycles. The molecule has 0 amide bonds. The number of methoxy groups -OCH3 is 1. The van der Waals surface area contributed by atoms with Gasteiger partial charge >= 0.3 is 0 Å². The van der Waals surface area contributed by atoms with E-state index in [1.165, 1.54) is 24.7 Å². The summed E-state index contributed by atoms with van der Waals surface area (Å²) in [6.45, 7) is 1.14. The highest BCUT2D eigenvalue weighted by Gasteiger charge is 2.35. The van der Waals surface area contributed by atoms with Crippen LogP contribution >= 0.6 is 0 Å². The lowest BCUT2D eigenvalue weighted by Crippen LogP contribution is -2.32. The Morgan fingerprint density at radius 3 is 2.76 bits per heavy atom. The summed E-state index contributed by atoms with van der Waals surface area (Å²) in [7, 11) is 1.61. The number of ether oxygens (including phenoxy) is 1. The number of aromatic nitrogens is 4. The number of alkyl halides is 2. The number of pyridine rings is 1. The first-order chi connectivity index (χ1) is 15.9. The minimum atomic E-state index is -2.65. The highest BCUT2D eigenvalue weighted by molar-refractivity contribution is 6.18. The first-order valence-corrected chi connectivity index (χ1v) is 10.8. The summed E-state index contributed by atoms with van der Waals surface area (Å²) >= 11 is 0. The van der Waals surface area contributed by atoms with Gasteiger partial charge in [0.1, 0.15) is 23.6 Å². The Morgan fingerprint density at radius 1 is 1.24 bits per heavy atom. The molecule has 11 heteroatoms. The van der Waals surface area contributed by atoms with Crippen LogP contribution in [0.15, 0.2) is 24.7 Å². The van der Waals surface area contributed by atoms with E-state index in [-0.39, 0.29) is 48.7 Å². The van der Waals surface area contributed by atoms with Crippen molar-refractivity contribution in [1.82, 2.24) is 19.9 Å². The van der Waals surface area contributed by atoms with Crippen LogP contribution < -0.4 is 10.6 Å². The summed E-state index contributed by atoms with van der Waals surface area (Å²) in [5.41, 5.74) is 0.463. The van der Waals surface area contributed by atoms with Gasteiger partial charge in [-0.25, -0.2) is 23.7 Å². The molecular formula is C22H25F3N6O2. The van der Waals surface area contributed by atoms with Crippen LogP contribution in [0.5, 0.6) is 0 Å². The number of aromatic amines is 1. The van der Waals surface area contributed by atoms with Crippen molar-refractivity contribution in [2.75, 3.05) is 30.9 Å². The molecule has 1 aliphatic rings. The van der Waals surface area contributed by atoms with Crippen molar-refractivity contribution >= 4 is 28.5 Å². The first-order valence-electron chi connectivity index (χ1n) is 10.8. The molecule has 0 bridgehead atoms. The van der Waals surface area contributed by atoms with Crippen molar-refractivity contribution < 1.29 is 22.7 Å². The molecule has 0 atom stereocenters. The number of hydrogen-bond donors (Lipinski definition) is 3. The Bertz CT molecular complexity index is 1130. The standard InChI is InChI=1S/C22H25F3N6O2/c1-33-10-2-9-26-20-17-15(11-27-21(17)29-12-28-20)18(32)14-3-4-16(31-19(14)23)30-13-5-7-22(24,25)8-6-13/h3-4,11-13H,2,5-10H2,1H3,(H,30,31)(H2,26,27,28,29). The summed E-state index contributed by atoms with van der Waals surface area (Å²) in [4.78, 5) is 28.3. The zero-order valence-electron chi connectivity index (χ0n) is 18.1. The molecule has 0 spiro atoms. The van der Waals surface area contributed by atoms with Crippen LogP contribution in [0.25, 0.3) is 11.0 Å². The second kappa shape index (κ2) is 9.74. The Morgan fingerprint density at radius 2 is 2.03 bits per heavy atom. The van der Waals surface area contributed by atoms with Gasteiger partial charge in [0, 0.05) is 45.3 Å². The second-order valence-corrected chi connectivity index (χ2v) is 8.06. The molecule has 8 nitrogen and oxygen atoms in total. The summed E-state index contributed by atoms with van der Waals surface area (Å²) in [6.07, 6.45) is 3.69. The molecule has 33 heavy (non-hydrogen) atoms. The molecule has 3 heterocycles. The predicted molar refractivity (Wildman–Crippen MR) is 117 cm³/mol. The van der Waals surface area contributed by atoms with E-state index in [1.54, 1.807) is 7.11 Å². The smallest absolute Gasteiger partial charge is 0.248 e. The first kappa shape index (κ1) is 23.0. The van der Waals surface area contributed by atoms with Crippen LogP contribution in [0, 0.1) is 5.95 Å². The second-order valence-electron chi connectivity index (χ2n) is 8.06. The lowest BCUT2D eigenvalue weighted by molar-refractivity contribution is -0.0361. The SMILES string of the molecule is COCCCNc1ncnc2[nH]cc(C(=O)c3ccc(NC4CCC(F)(F)CC4)nc3F)c12. The zero-order chi connectivity index (χ0) is 23.4. The molecule has 1 aliphatic carbocycles. The van der Waals surface area contributed by atoms with Gasteiger partial charge in [-0.3, -0.25) is 4.79 Å². The molecule has 3 aromatic rings. The highest BCUT2D eigenvalue weighted by Crippen LogP contribution is 2.34. The molecular weight excluding hydrogens is 437 g/mol. The molecule has 1 fully saturated rings. The predicted octanol–water partition coefficient (Wildman–Crippen LogP) is 4.16. The average molecular weight is 462 g/mol. The molecule has 0 radical (unpaired) electrons. The number of fused-ring (bicyclic) bond motifs is 1. The number of rotatable bonds is 9. The monoisotopic (exact) mass is 462 g/mol. The van der Waals surface area contributed by atoms with Gasteiger partial charge in [-0.2, -0.15) is 4.39 Å². The molecule has 3 aromatic heterocycles. The van der Waals surface area contributed by atoms with Gasteiger partial charge in [0.15, 0.2) is 5.78 Å². The number of anilines is 2. The van der Waals surface area contributed by atoms with Crippen LogP contribution in [0.1, 0.15) is 48.0 Å². The minimum absolute atomic E-state index is 0.203. The molecule has 0 unspecified atom stereocenters. The normalized spacial score (nSPS) is 16.1. The van der Waals surface area contributed by atoms with E-state index in [4.69, 9.17) is 4.74 Å². The average Bonchev–Trinajstić information content (AvgIpc) is 3.23. The van der Waals surface area contributed by atoms with Crippen LogP contribution in [0.4, 0.5) is 24.8 Å². The van der Waals surface area contributed by atoms with Crippen molar-refractivity contribution in [3.05, 3.63) is 41.7 Å². The number of ketones is 1. The molecule has 4 rings (SSSR count). The van der Waals surface area contributed by atoms with Crippen molar-refractivity contribution in [1.29, 1.82) is 0 Å². The summed E-state index contributed by atoms with van der Waals surface area (Å²) < 4.78 is 46.5. The molecule has 3 N–H and O–H groups in total. The van der Waals surface area contributed by atoms with Crippen molar-refractivity contribution in [2.24, 2.45) is 0 Å². The van der Waals surface area contributed by atoms with E-state index >= 15 is 0 Å². The fraction of sp³-hybridized carbons (Fsp3) is 0.455. The maximum absolute atomic E-state index is 14.8. The maximum Gasteiger partial charge on any atom is 0.248 e. The van der Waals surface area contributed by atoms with E-state index in [0.29, 0.717) is 30.0 Å². The van der Waals surface area contributed by atoms with Gasteiger partial charge in [-0.05, 0) is 31.4 Å². The number of H-pyrrole nitrogens is 1. The molecule has 0 saturated heterocycles. The summed E-state index contributed by atoms with van der Waals surface area (Å²) in [5, 5.41) is 6.61. The Kier molecular flexibility index (Phi) is 6.77. The maximum atomic E-state index is 14.8. The van der Waals surface area contributed by atoms with Gasteiger partial charge < -0.3 is 20.4 Å². The van der Waals surface area contributed by atoms with E-state index in [0.717, 1.165) is 6.42 Å². The Hall–Kier alpha value is -3.21. The molecule has 176 valence electrons. The van der Waals surface area contributed by atoms with Gasteiger partial charge in [0.25, 0.3) is 0 Å². The molecule has 0 aromatic carbocycles. The van der Waals surface area contributed by atoms with Gasteiger partial charge in [-0.1, -0.05) is 0 Å². The van der Waals surface area contributed by atoms with Crippen LogP contribution in [-0.2, 0) is 4.74 Å². The number of carbonyl (C=O) groups excluding carboxylic acids is 1. The molecule has 0 aliphatic heterocycles. The van der Waals surface area contributed by atoms with Crippen LogP contribution in [0.2, 0.25) is 0 Å². The number of hydrogen-bond acceptors (Lipinski definition) is 7. The lowest BCUT2D eigenvalue weighted by atomic mass is 9.92. The van der Waals surface area contributed by atoms with Crippen molar-refractivity contribution in [3.63, 3.8) is 0 Å². The number of carbonyl (C=O) groups is 1. The Labute approximate surface area is 188 Å². The topological polar surface area (TPSA) is 105 Å². The zero-order valence-corrected chi connectivity index (χ0v) is 18.1. The minimum Gasteiger partial charge on any atom is -0.385 e. The fourth-order valence-corrected chi connectivity index (χ4v) is 3.92. The third-order valence-electron chi connectivity index (χ3n) is 5.69. The number of halogens is 3.